The zero-order valence-corrected chi connectivity index (χ0v) is 21.3. The summed E-state index contributed by atoms with van der Waals surface area (Å²) < 4.78 is 13.6. The van der Waals surface area contributed by atoms with Crippen LogP contribution in [0.5, 0.6) is 11.5 Å². The summed E-state index contributed by atoms with van der Waals surface area (Å²) in [6.45, 7) is 2.37. The molecule has 0 aliphatic rings. The number of nitrogens with zero attached hydrogens (tertiary/aromatic N) is 1. The van der Waals surface area contributed by atoms with Crippen LogP contribution in [0.4, 0.5) is 10.5 Å². The minimum Gasteiger partial charge on any atom is -0.493 e. The highest BCUT2D eigenvalue weighted by atomic mass is 127. The molecule has 3 aromatic carbocycles. The summed E-state index contributed by atoms with van der Waals surface area (Å²) in [5, 5.41) is 6.79. The van der Waals surface area contributed by atoms with Gasteiger partial charge >= 0.3 is 6.03 Å². The van der Waals surface area contributed by atoms with Gasteiger partial charge in [0.1, 0.15) is 6.61 Å². The van der Waals surface area contributed by atoms with Crippen molar-refractivity contribution in [2.45, 2.75) is 13.5 Å². The second-order valence-electron chi connectivity index (χ2n) is 6.59. The zero-order valence-electron chi connectivity index (χ0n) is 17.0. The molecule has 0 bridgehead atoms. The Morgan fingerprint density at radius 3 is 2.55 bits per heavy atom. The summed E-state index contributed by atoms with van der Waals surface area (Å²) in [5.41, 5.74) is 6.04. The van der Waals surface area contributed by atoms with E-state index >= 15 is 0 Å². The Labute approximate surface area is 208 Å². The van der Waals surface area contributed by atoms with Crippen molar-refractivity contribution in [3.8, 4) is 11.5 Å². The molecule has 8 heteroatoms. The van der Waals surface area contributed by atoms with Crippen molar-refractivity contribution in [2.75, 3.05) is 12.4 Å². The first-order valence-electron chi connectivity index (χ1n) is 9.36. The van der Waals surface area contributed by atoms with Crippen molar-refractivity contribution < 1.29 is 14.3 Å². The lowest BCUT2D eigenvalue weighted by Crippen LogP contribution is -2.24. The van der Waals surface area contributed by atoms with Crippen LogP contribution in [-0.4, -0.2) is 19.4 Å². The topological polar surface area (TPSA) is 72.0 Å². The molecule has 2 N–H and O–H groups in total. The highest BCUT2D eigenvalue weighted by molar-refractivity contribution is 14.1. The van der Waals surface area contributed by atoms with Gasteiger partial charge in [0.2, 0.25) is 0 Å². The van der Waals surface area contributed by atoms with Gasteiger partial charge in [-0.05, 0) is 99.1 Å². The van der Waals surface area contributed by atoms with Crippen molar-refractivity contribution in [1.82, 2.24) is 5.43 Å². The van der Waals surface area contributed by atoms with E-state index in [0.29, 0.717) is 18.1 Å². The highest BCUT2D eigenvalue weighted by Gasteiger charge is 2.12. The molecule has 3 aromatic rings. The number of anilines is 1. The zero-order chi connectivity index (χ0) is 22.2. The number of halogens is 2. The Kier molecular flexibility index (Phi) is 8.52. The summed E-state index contributed by atoms with van der Waals surface area (Å²) in [6.07, 6.45) is 1.56. The molecule has 0 atom stereocenters. The van der Waals surface area contributed by atoms with Gasteiger partial charge in [-0.2, -0.15) is 5.10 Å². The van der Waals surface area contributed by atoms with Gasteiger partial charge in [0.25, 0.3) is 0 Å². The molecule has 0 saturated heterocycles. The van der Waals surface area contributed by atoms with Gasteiger partial charge in [-0.1, -0.05) is 30.3 Å². The molecule has 0 aliphatic carbocycles. The maximum absolute atomic E-state index is 12.1. The van der Waals surface area contributed by atoms with Gasteiger partial charge in [-0.15, -0.1) is 0 Å². The summed E-state index contributed by atoms with van der Waals surface area (Å²) in [4.78, 5) is 12.1. The number of hydrogen-bond acceptors (Lipinski definition) is 4. The van der Waals surface area contributed by atoms with E-state index in [9.17, 15) is 4.79 Å². The van der Waals surface area contributed by atoms with E-state index in [2.05, 4.69) is 61.0 Å². The number of urea groups is 1. The molecule has 0 fully saturated rings. The second kappa shape index (κ2) is 11.3. The smallest absolute Gasteiger partial charge is 0.339 e. The number of rotatable bonds is 7. The number of hydrogen-bond donors (Lipinski definition) is 2. The first kappa shape index (κ1) is 23.3. The molecular formula is C23H21I2N3O3. The van der Waals surface area contributed by atoms with Crippen molar-refractivity contribution in [3.63, 3.8) is 0 Å². The number of para-hydroxylation sites is 1. The van der Waals surface area contributed by atoms with Gasteiger partial charge in [0, 0.05) is 9.26 Å². The number of hydrazone groups is 1. The molecule has 3 rings (SSSR count). The number of ether oxygens (including phenoxy) is 2. The molecule has 2 amide bonds. The Morgan fingerprint density at radius 1 is 1.10 bits per heavy atom. The fourth-order valence-electron chi connectivity index (χ4n) is 2.72. The minimum absolute atomic E-state index is 0.412. The Hall–Kier alpha value is -2.34. The Morgan fingerprint density at radius 2 is 1.84 bits per heavy atom. The van der Waals surface area contributed by atoms with E-state index in [1.807, 2.05) is 67.6 Å². The molecular weight excluding hydrogens is 620 g/mol. The lowest BCUT2D eigenvalue weighted by atomic mass is 10.2. The molecule has 0 unspecified atom stereocenters. The van der Waals surface area contributed by atoms with Crippen LogP contribution in [0.25, 0.3) is 0 Å². The first-order chi connectivity index (χ1) is 15.0. The van der Waals surface area contributed by atoms with E-state index in [0.717, 1.165) is 25.9 Å². The number of methoxy groups -OCH3 is 1. The predicted octanol–water partition coefficient (Wildman–Crippen LogP) is 5.95. The summed E-state index contributed by atoms with van der Waals surface area (Å²) in [7, 11) is 1.60. The number of nitrogens with one attached hydrogen (secondary N) is 2. The fourth-order valence-corrected chi connectivity index (χ4v) is 3.86. The second-order valence-corrected chi connectivity index (χ2v) is 9.00. The monoisotopic (exact) mass is 641 g/mol. The molecule has 160 valence electrons. The third kappa shape index (κ3) is 6.82. The molecule has 0 heterocycles. The largest absolute Gasteiger partial charge is 0.493 e. The van der Waals surface area contributed by atoms with Crippen LogP contribution in [-0.2, 0) is 6.61 Å². The van der Waals surface area contributed by atoms with E-state index in [-0.39, 0.29) is 0 Å². The lowest BCUT2D eigenvalue weighted by Gasteiger charge is -2.13. The normalized spacial score (nSPS) is 10.7. The van der Waals surface area contributed by atoms with Gasteiger partial charge < -0.3 is 14.8 Å². The quantitative estimate of drug-likeness (QED) is 0.191. The maximum atomic E-state index is 12.1. The third-order valence-corrected chi connectivity index (χ3v) is 5.84. The van der Waals surface area contributed by atoms with Crippen LogP contribution >= 0.6 is 45.2 Å². The third-order valence-electron chi connectivity index (χ3n) is 4.32. The van der Waals surface area contributed by atoms with Gasteiger partial charge in [-0.25, -0.2) is 10.2 Å². The Bertz CT molecular complexity index is 1090. The molecule has 0 radical (unpaired) electrons. The predicted molar refractivity (Wildman–Crippen MR) is 140 cm³/mol. The SMILES string of the molecule is COc1cc(C=NNC(=O)Nc2ccccc2C)cc(I)c1OCc1ccc(I)cc1. The van der Waals surface area contributed by atoms with Crippen LogP contribution < -0.4 is 20.2 Å². The Balaban J connectivity index is 1.64. The molecule has 6 nitrogen and oxygen atoms in total. The van der Waals surface area contributed by atoms with Gasteiger partial charge in [0.15, 0.2) is 11.5 Å². The fraction of sp³-hybridized carbons (Fsp3) is 0.130. The molecule has 0 saturated carbocycles. The lowest BCUT2D eigenvalue weighted by molar-refractivity contribution is 0.252. The average molecular weight is 641 g/mol. The van der Waals surface area contributed by atoms with Crippen LogP contribution in [0.2, 0.25) is 0 Å². The van der Waals surface area contributed by atoms with Gasteiger partial charge in [0.05, 0.1) is 16.9 Å². The van der Waals surface area contributed by atoms with Crippen LogP contribution in [0.1, 0.15) is 16.7 Å². The van der Waals surface area contributed by atoms with Crippen molar-refractivity contribution in [2.24, 2.45) is 5.10 Å². The van der Waals surface area contributed by atoms with Crippen LogP contribution in [0.3, 0.4) is 0 Å². The average Bonchev–Trinajstić information content (AvgIpc) is 2.75. The highest BCUT2D eigenvalue weighted by Crippen LogP contribution is 2.34. The van der Waals surface area contributed by atoms with Gasteiger partial charge in [-0.3, -0.25) is 0 Å². The summed E-state index contributed by atoms with van der Waals surface area (Å²) in [5.74, 6) is 1.27. The van der Waals surface area contributed by atoms with Crippen molar-refractivity contribution in [3.05, 3.63) is 84.5 Å². The number of aryl methyl sites for hydroxylation is 1. The molecule has 0 aromatic heterocycles. The first-order valence-corrected chi connectivity index (χ1v) is 11.5. The van der Waals surface area contributed by atoms with E-state index in [4.69, 9.17) is 9.47 Å². The standard InChI is InChI=1S/C23H21I2N3O3/c1-15-5-3-4-6-20(15)27-23(29)28-26-13-17-11-19(25)22(21(12-17)30-2)31-14-16-7-9-18(24)10-8-16/h3-13H,14H2,1-2H3,(H2,27,28,29). The van der Waals surface area contributed by atoms with E-state index in [1.165, 1.54) is 3.57 Å². The number of amides is 2. The van der Waals surface area contributed by atoms with Crippen LogP contribution in [0, 0.1) is 14.1 Å². The number of benzene rings is 3. The van der Waals surface area contributed by atoms with Crippen LogP contribution in [0.15, 0.2) is 65.8 Å². The molecule has 0 spiro atoms. The molecule has 31 heavy (non-hydrogen) atoms. The summed E-state index contributed by atoms with van der Waals surface area (Å²) >= 11 is 4.47. The molecule has 0 aliphatic heterocycles. The minimum atomic E-state index is -0.412. The summed E-state index contributed by atoms with van der Waals surface area (Å²) in [6, 6.07) is 19.0. The van der Waals surface area contributed by atoms with Crippen molar-refractivity contribution >= 4 is 63.1 Å². The number of carbonyl (C=O) groups is 1. The number of carbonyl (C=O) groups excluding carboxylic acids is 1. The maximum Gasteiger partial charge on any atom is 0.339 e. The van der Waals surface area contributed by atoms with E-state index < -0.39 is 6.03 Å². The van der Waals surface area contributed by atoms with Crippen molar-refractivity contribution in [1.29, 1.82) is 0 Å². The van der Waals surface area contributed by atoms with E-state index in [1.54, 1.807) is 13.3 Å².